The first kappa shape index (κ1) is 16.6. The summed E-state index contributed by atoms with van der Waals surface area (Å²) in [6.07, 6.45) is 6.27. The molecule has 1 atom stereocenters. The van der Waals surface area contributed by atoms with Crippen molar-refractivity contribution >= 4 is 40.4 Å². The fraction of sp³-hybridized carbons (Fsp3) is 0.286. The SMILES string of the molecule is O=C(CSC1=Nc2ccccc2[C@H]2CC=NN12)Nc1ccc2c(c1)CCC2. The summed E-state index contributed by atoms with van der Waals surface area (Å²) >= 11 is 1.44. The van der Waals surface area contributed by atoms with Crippen molar-refractivity contribution in [2.24, 2.45) is 10.1 Å². The summed E-state index contributed by atoms with van der Waals surface area (Å²) in [6, 6.07) is 14.6. The van der Waals surface area contributed by atoms with Gasteiger partial charge in [0.05, 0.1) is 17.5 Å². The number of aliphatic imine (C=N–C) groups is 1. The van der Waals surface area contributed by atoms with Gasteiger partial charge >= 0.3 is 0 Å². The van der Waals surface area contributed by atoms with Crippen LogP contribution in [-0.2, 0) is 17.6 Å². The fourth-order valence-electron chi connectivity index (χ4n) is 3.96. The second kappa shape index (κ2) is 6.85. The molecule has 3 aliphatic rings. The van der Waals surface area contributed by atoms with Gasteiger partial charge in [0, 0.05) is 23.9 Å². The molecule has 2 aliphatic heterocycles. The number of amides is 1. The quantitative estimate of drug-likeness (QED) is 0.870. The second-order valence-corrected chi connectivity index (χ2v) is 7.96. The molecule has 0 aromatic heterocycles. The van der Waals surface area contributed by atoms with Gasteiger partial charge in [-0.05, 0) is 48.6 Å². The summed E-state index contributed by atoms with van der Waals surface area (Å²) in [5.74, 6) is 0.302. The van der Waals surface area contributed by atoms with E-state index in [4.69, 9.17) is 4.99 Å². The van der Waals surface area contributed by atoms with Gasteiger partial charge < -0.3 is 5.32 Å². The Labute approximate surface area is 162 Å². The Hall–Kier alpha value is -2.60. The van der Waals surface area contributed by atoms with E-state index < -0.39 is 0 Å². The summed E-state index contributed by atoms with van der Waals surface area (Å²) in [4.78, 5) is 17.2. The molecule has 0 radical (unpaired) electrons. The highest BCUT2D eigenvalue weighted by molar-refractivity contribution is 8.14. The van der Waals surface area contributed by atoms with Crippen molar-refractivity contribution in [1.29, 1.82) is 0 Å². The van der Waals surface area contributed by atoms with Gasteiger partial charge in [-0.3, -0.25) is 4.79 Å². The van der Waals surface area contributed by atoms with E-state index in [1.54, 1.807) is 0 Å². The normalized spacial score (nSPS) is 19.3. The zero-order chi connectivity index (χ0) is 18.2. The first-order chi connectivity index (χ1) is 13.3. The number of carbonyl (C=O) groups is 1. The van der Waals surface area contributed by atoms with E-state index in [1.165, 1.54) is 34.9 Å². The van der Waals surface area contributed by atoms with Gasteiger partial charge in [0.2, 0.25) is 5.91 Å². The highest BCUT2D eigenvalue weighted by Gasteiger charge is 2.32. The fourth-order valence-corrected chi connectivity index (χ4v) is 4.76. The Morgan fingerprint density at radius 3 is 3.04 bits per heavy atom. The van der Waals surface area contributed by atoms with E-state index in [9.17, 15) is 4.79 Å². The molecule has 1 aliphatic carbocycles. The van der Waals surface area contributed by atoms with Gasteiger partial charge in [-0.25, -0.2) is 10.0 Å². The summed E-state index contributed by atoms with van der Waals surface area (Å²) in [5, 5.41) is 10.2. The molecule has 0 spiro atoms. The van der Waals surface area contributed by atoms with Crippen LogP contribution in [0.1, 0.15) is 35.6 Å². The minimum atomic E-state index is -0.0146. The number of nitrogens with zero attached hydrogens (tertiary/aromatic N) is 3. The number of carbonyl (C=O) groups excluding carboxylic acids is 1. The maximum absolute atomic E-state index is 12.4. The van der Waals surface area contributed by atoms with Gasteiger partial charge in [0.25, 0.3) is 0 Å². The summed E-state index contributed by atoms with van der Waals surface area (Å²) in [7, 11) is 0. The summed E-state index contributed by atoms with van der Waals surface area (Å²) in [5.41, 5.74) is 5.83. The lowest BCUT2D eigenvalue weighted by Gasteiger charge is -2.29. The number of thioether (sulfide) groups is 1. The van der Waals surface area contributed by atoms with Gasteiger partial charge in [0.15, 0.2) is 5.17 Å². The Bertz CT molecular complexity index is 968. The third kappa shape index (κ3) is 3.14. The van der Waals surface area contributed by atoms with Gasteiger partial charge in [-0.15, -0.1) is 0 Å². The van der Waals surface area contributed by atoms with Crippen LogP contribution in [0, 0.1) is 0 Å². The number of aryl methyl sites for hydroxylation is 2. The third-order valence-electron chi connectivity index (χ3n) is 5.25. The number of nitrogens with one attached hydrogen (secondary N) is 1. The largest absolute Gasteiger partial charge is 0.325 e. The predicted molar refractivity (Wildman–Crippen MR) is 111 cm³/mol. The van der Waals surface area contributed by atoms with E-state index in [0.29, 0.717) is 5.75 Å². The molecule has 0 fully saturated rings. The zero-order valence-corrected chi connectivity index (χ0v) is 15.7. The molecule has 0 saturated heterocycles. The molecule has 1 N–H and O–H groups in total. The standard InChI is InChI=1S/C21H20N4OS/c26-20(23-16-9-8-14-4-3-5-15(14)12-16)13-27-21-24-18-7-2-1-6-17(18)19-10-11-22-25(19)21/h1-2,6-9,11-12,19H,3-5,10,13H2,(H,23,26)/t19-/m1/s1. The van der Waals surface area contributed by atoms with Crippen molar-refractivity contribution in [3.63, 3.8) is 0 Å². The monoisotopic (exact) mass is 376 g/mol. The van der Waals surface area contributed by atoms with Gasteiger partial charge in [-0.1, -0.05) is 36.0 Å². The number of anilines is 1. The third-order valence-corrected chi connectivity index (χ3v) is 6.20. The number of para-hydroxylation sites is 1. The zero-order valence-electron chi connectivity index (χ0n) is 14.9. The minimum Gasteiger partial charge on any atom is -0.325 e. The van der Waals surface area contributed by atoms with Crippen LogP contribution in [0.15, 0.2) is 52.6 Å². The van der Waals surface area contributed by atoms with E-state index in [2.05, 4.69) is 28.6 Å². The molecular formula is C21H20N4OS. The number of benzene rings is 2. The molecule has 2 aromatic carbocycles. The van der Waals surface area contributed by atoms with Crippen molar-refractivity contribution in [2.75, 3.05) is 11.1 Å². The van der Waals surface area contributed by atoms with E-state index >= 15 is 0 Å². The summed E-state index contributed by atoms with van der Waals surface area (Å²) < 4.78 is 0. The molecule has 2 heterocycles. The van der Waals surface area contributed by atoms with Gasteiger partial charge in [0.1, 0.15) is 0 Å². The van der Waals surface area contributed by atoms with Crippen LogP contribution in [0.5, 0.6) is 0 Å². The Morgan fingerprint density at radius 2 is 2.07 bits per heavy atom. The highest BCUT2D eigenvalue weighted by atomic mass is 32.2. The maximum atomic E-state index is 12.4. The van der Waals surface area contributed by atoms with Crippen molar-refractivity contribution in [2.45, 2.75) is 31.7 Å². The van der Waals surface area contributed by atoms with Crippen LogP contribution in [0.4, 0.5) is 11.4 Å². The number of amidine groups is 1. The molecule has 27 heavy (non-hydrogen) atoms. The molecule has 5 rings (SSSR count). The lowest BCUT2D eigenvalue weighted by molar-refractivity contribution is -0.113. The molecule has 2 aromatic rings. The molecule has 0 bridgehead atoms. The van der Waals surface area contributed by atoms with Crippen LogP contribution >= 0.6 is 11.8 Å². The minimum absolute atomic E-state index is 0.0146. The first-order valence-electron chi connectivity index (χ1n) is 9.32. The average Bonchev–Trinajstić information content (AvgIpc) is 3.35. The molecule has 0 unspecified atom stereocenters. The molecular weight excluding hydrogens is 356 g/mol. The lowest BCUT2D eigenvalue weighted by Crippen LogP contribution is -2.29. The topological polar surface area (TPSA) is 57.1 Å². The number of fused-ring (bicyclic) bond motifs is 4. The smallest absolute Gasteiger partial charge is 0.234 e. The number of hydrogen-bond acceptors (Lipinski definition) is 5. The number of hydrogen-bond donors (Lipinski definition) is 1. The Morgan fingerprint density at radius 1 is 1.19 bits per heavy atom. The van der Waals surface area contributed by atoms with Crippen LogP contribution in [-0.4, -0.2) is 28.1 Å². The average molecular weight is 376 g/mol. The first-order valence-corrected chi connectivity index (χ1v) is 10.3. The molecule has 0 saturated carbocycles. The lowest BCUT2D eigenvalue weighted by atomic mass is 10.0. The van der Waals surface area contributed by atoms with E-state index in [0.717, 1.165) is 35.8 Å². The van der Waals surface area contributed by atoms with Crippen LogP contribution < -0.4 is 5.32 Å². The maximum Gasteiger partial charge on any atom is 0.234 e. The number of rotatable bonds is 3. The van der Waals surface area contributed by atoms with Crippen LogP contribution in [0.2, 0.25) is 0 Å². The van der Waals surface area contributed by atoms with Crippen molar-refractivity contribution in [1.82, 2.24) is 5.01 Å². The van der Waals surface area contributed by atoms with E-state index in [-0.39, 0.29) is 11.9 Å². The molecule has 1 amide bonds. The van der Waals surface area contributed by atoms with E-state index in [1.807, 2.05) is 35.5 Å². The Kier molecular flexibility index (Phi) is 4.20. The van der Waals surface area contributed by atoms with Crippen LogP contribution in [0.25, 0.3) is 0 Å². The van der Waals surface area contributed by atoms with Crippen molar-refractivity contribution < 1.29 is 4.79 Å². The molecule has 5 nitrogen and oxygen atoms in total. The summed E-state index contributed by atoms with van der Waals surface area (Å²) in [6.45, 7) is 0. The van der Waals surface area contributed by atoms with Crippen molar-refractivity contribution in [3.05, 3.63) is 59.2 Å². The predicted octanol–water partition coefficient (Wildman–Crippen LogP) is 4.28. The number of hydrazone groups is 1. The van der Waals surface area contributed by atoms with Crippen LogP contribution in [0.3, 0.4) is 0 Å². The van der Waals surface area contributed by atoms with Gasteiger partial charge in [-0.2, -0.15) is 5.10 Å². The Balaban J connectivity index is 1.27. The molecule has 6 heteroatoms. The highest BCUT2D eigenvalue weighted by Crippen LogP contribution is 2.40. The molecule has 136 valence electrons. The van der Waals surface area contributed by atoms with Crippen molar-refractivity contribution in [3.8, 4) is 0 Å². The second-order valence-electron chi connectivity index (χ2n) is 7.02.